The summed E-state index contributed by atoms with van der Waals surface area (Å²) >= 11 is 3.09. The highest BCUT2D eigenvalue weighted by atomic mass is 79.9. The molecule has 2 aromatic rings. The van der Waals surface area contributed by atoms with Gasteiger partial charge in [-0.25, -0.2) is 4.79 Å². The number of halogens is 1. The number of amides is 2. The van der Waals surface area contributed by atoms with Crippen molar-refractivity contribution in [2.24, 2.45) is 0 Å². The minimum atomic E-state index is -0.505. The fourth-order valence-electron chi connectivity index (χ4n) is 1.73. The Bertz CT molecular complexity index is 741. The lowest BCUT2D eigenvalue weighted by Gasteiger charge is -2.07. The molecule has 0 aliphatic carbocycles. The summed E-state index contributed by atoms with van der Waals surface area (Å²) in [5.74, 6) is -1.35. The van der Waals surface area contributed by atoms with Gasteiger partial charge in [-0.05, 0) is 46.3 Å². The van der Waals surface area contributed by atoms with Crippen LogP contribution in [0.15, 0.2) is 45.5 Å². The fraction of sp³-hybridized carbons (Fsp3) is 0.133. The van der Waals surface area contributed by atoms with Gasteiger partial charge in [0.2, 0.25) is 5.91 Å². The third-order valence-corrected chi connectivity index (χ3v) is 3.20. The monoisotopic (exact) mass is 380 g/mol. The van der Waals surface area contributed by atoms with Crippen LogP contribution in [-0.2, 0) is 9.53 Å². The molecule has 0 saturated carbocycles. The summed E-state index contributed by atoms with van der Waals surface area (Å²) in [4.78, 5) is 35.0. The second-order valence-electron chi connectivity index (χ2n) is 4.41. The van der Waals surface area contributed by atoms with Crippen molar-refractivity contribution >= 4 is 39.4 Å². The predicted octanol–water partition coefficient (Wildman–Crippen LogP) is 2.20. The molecule has 0 saturated heterocycles. The average Bonchev–Trinajstić information content (AvgIpc) is 2.98. The molecule has 0 bridgehead atoms. The van der Waals surface area contributed by atoms with E-state index < -0.39 is 17.8 Å². The summed E-state index contributed by atoms with van der Waals surface area (Å²) in [6, 6.07) is 9.34. The standard InChI is InChI=1S/C15H13BrN2O5/c1-22-15(21)9-3-2-4-10(7-9)18-13(19)8-17-14(20)11-5-6-12(16)23-11/h2-7H,8H2,1H3,(H,17,20)(H,18,19). The maximum Gasteiger partial charge on any atom is 0.337 e. The van der Waals surface area contributed by atoms with E-state index >= 15 is 0 Å². The first-order valence-corrected chi connectivity index (χ1v) is 7.30. The number of nitrogens with one attached hydrogen (secondary N) is 2. The van der Waals surface area contributed by atoms with Crippen LogP contribution in [0.1, 0.15) is 20.9 Å². The molecule has 2 amide bonds. The highest BCUT2D eigenvalue weighted by Gasteiger charge is 2.12. The average molecular weight is 381 g/mol. The Morgan fingerprint density at radius 2 is 2.00 bits per heavy atom. The number of ether oxygens (including phenoxy) is 1. The van der Waals surface area contributed by atoms with Crippen LogP contribution >= 0.6 is 15.9 Å². The molecule has 0 atom stereocenters. The van der Waals surface area contributed by atoms with E-state index in [-0.39, 0.29) is 12.3 Å². The van der Waals surface area contributed by atoms with Crippen molar-refractivity contribution in [1.82, 2.24) is 5.32 Å². The van der Waals surface area contributed by atoms with E-state index in [0.29, 0.717) is 15.9 Å². The van der Waals surface area contributed by atoms with Gasteiger partial charge in [-0.3, -0.25) is 9.59 Å². The molecule has 0 aliphatic heterocycles. The molecule has 120 valence electrons. The molecule has 1 aromatic heterocycles. The zero-order valence-electron chi connectivity index (χ0n) is 12.1. The van der Waals surface area contributed by atoms with Crippen molar-refractivity contribution in [3.05, 3.63) is 52.4 Å². The van der Waals surface area contributed by atoms with E-state index in [4.69, 9.17) is 4.42 Å². The number of carbonyl (C=O) groups excluding carboxylic acids is 3. The third kappa shape index (κ3) is 4.68. The molecule has 2 N–H and O–H groups in total. The van der Waals surface area contributed by atoms with Gasteiger partial charge in [-0.2, -0.15) is 0 Å². The zero-order valence-corrected chi connectivity index (χ0v) is 13.7. The van der Waals surface area contributed by atoms with E-state index in [9.17, 15) is 14.4 Å². The van der Waals surface area contributed by atoms with E-state index in [1.807, 2.05) is 0 Å². The van der Waals surface area contributed by atoms with Gasteiger partial charge in [0.15, 0.2) is 10.4 Å². The normalized spacial score (nSPS) is 10.0. The molecule has 0 radical (unpaired) electrons. The lowest BCUT2D eigenvalue weighted by molar-refractivity contribution is -0.115. The predicted molar refractivity (Wildman–Crippen MR) is 85.2 cm³/mol. The van der Waals surface area contributed by atoms with Crippen molar-refractivity contribution < 1.29 is 23.5 Å². The Morgan fingerprint density at radius 3 is 2.65 bits per heavy atom. The molecule has 8 heteroatoms. The van der Waals surface area contributed by atoms with E-state index in [1.165, 1.54) is 19.2 Å². The second-order valence-corrected chi connectivity index (χ2v) is 5.19. The van der Waals surface area contributed by atoms with Crippen LogP contribution in [-0.4, -0.2) is 31.4 Å². The first kappa shape index (κ1) is 16.8. The summed E-state index contributed by atoms with van der Waals surface area (Å²) in [6.07, 6.45) is 0. The molecule has 7 nitrogen and oxygen atoms in total. The van der Waals surface area contributed by atoms with Crippen LogP contribution in [0.3, 0.4) is 0 Å². The van der Waals surface area contributed by atoms with Crippen molar-refractivity contribution in [2.45, 2.75) is 0 Å². The zero-order chi connectivity index (χ0) is 16.8. The Morgan fingerprint density at radius 1 is 1.22 bits per heavy atom. The van der Waals surface area contributed by atoms with Gasteiger partial charge in [0.05, 0.1) is 19.2 Å². The topological polar surface area (TPSA) is 97.6 Å². The van der Waals surface area contributed by atoms with Crippen LogP contribution in [0.4, 0.5) is 5.69 Å². The lowest BCUT2D eigenvalue weighted by atomic mass is 10.2. The van der Waals surface area contributed by atoms with Gasteiger partial charge < -0.3 is 19.8 Å². The van der Waals surface area contributed by atoms with Gasteiger partial charge in [0.1, 0.15) is 0 Å². The molecule has 1 aromatic carbocycles. The summed E-state index contributed by atoms with van der Waals surface area (Å²) in [6.45, 7) is -0.237. The number of furan rings is 1. The molecule has 1 heterocycles. The Balaban J connectivity index is 1.90. The van der Waals surface area contributed by atoms with Gasteiger partial charge in [-0.15, -0.1) is 0 Å². The number of anilines is 1. The lowest BCUT2D eigenvalue weighted by Crippen LogP contribution is -2.32. The molecule has 2 rings (SSSR count). The second kappa shape index (κ2) is 7.59. The molecular formula is C15H13BrN2O5. The fourth-order valence-corrected chi connectivity index (χ4v) is 2.04. The minimum Gasteiger partial charge on any atom is -0.465 e. The number of methoxy groups -OCH3 is 1. The summed E-state index contributed by atoms with van der Waals surface area (Å²) < 4.78 is 10.1. The third-order valence-electron chi connectivity index (χ3n) is 2.77. The number of esters is 1. The summed E-state index contributed by atoms with van der Waals surface area (Å²) in [5, 5.41) is 5.00. The van der Waals surface area contributed by atoms with Gasteiger partial charge in [0.25, 0.3) is 5.91 Å². The Kier molecular flexibility index (Phi) is 5.53. The smallest absolute Gasteiger partial charge is 0.337 e. The Labute approximate surface area is 140 Å². The molecule has 23 heavy (non-hydrogen) atoms. The largest absolute Gasteiger partial charge is 0.465 e. The van der Waals surface area contributed by atoms with Gasteiger partial charge in [-0.1, -0.05) is 6.07 Å². The first-order chi connectivity index (χ1) is 11.0. The SMILES string of the molecule is COC(=O)c1cccc(NC(=O)CNC(=O)c2ccc(Br)o2)c1. The quantitative estimate of drug-likeness (QED) is 0.774. The van der Waals surface area contributed by atoms with Crippen molar-refractivity contribution in [3.63, 3.8) is 0 Å². The molecule has 0 fully saturated rings. The maximum absolute atomic E-state index is 11.8. The van der Waals surface area contributed by atoms with Crippen LogP contribution in [0.5, 0.6) is 0 Å². The van der Waals surface area contributed by atoms with E-state index in [0.717, 1.165) is 0 Å². The van der Waals surface area contributed by atoms with E-state index in [1.54, 1.807) is 24.3 Å². The van der Waals surface area contributed by atoms with Crippen molar-refractivity contribution in [1.29, 1.82) is 0 Å². The minimum absolute atomic E-state index is 0.0948. The highest BCUT2D eigenvalue weighted by molar-refractivity contribution is 9.10. The molecule has 0 spiro atoms. The van der Waals surface area contributed by atoms with Gasteiger partial charge >= 0.3 is 5.97 Å². The molecule has 0 aliphatic rings. The number of hydrogen-bond acceptors (Lipinski definition) is 5. The number of carbonyl (C=O) groups is 3. The van der Waals surface area contributed by atoms with Crippen molar-refractivity contribution in [3.8, 4) is 0 Å². The number of rotatable bonds is 5. The van der Waals surface area contributed by atoms with Gasteiger partial charge in [0, 0.05) is 5.69 Å². The van der Waals surface area contributed by atoms with Crippen LogP contribution in [0.25, 0.3) is 0 Å². The molecule has 0 unspecified atom stereocenters. The maximum atomic E-state index is 11.8. The molecular weight excluding hydrogens is 368 g/mol. The first-order valence-electron chi connectivity index (χ1n) is 6.51. The number of hydrogen-bond donors (Lipinski definition) is 2. The summed E-state index contributed by atoms with van der Waals surface area (Å²) in [7, 11) is 1.27. The van der Waals surface area contributed by atoms with Crippen LogP contribution in [0.2, 0.25) is 0 Å². The van der Waals surface area contributed by atoms with Crippen LogP contribution in [0, 0.1) is 0 Å². The Hall–Kier alpha value is -2.61. The highest BCUT2D eigenvalue weighted by Crippen LogP contribution is 2.14. The summed E-state index contributed by atoms with van der Waals surface area (Å²) in [5.41, 5.74) is 0.739. The van der Waals surface area contributed by atoms with Crippen molar-refractivity contribution in [2.75, 3.05) is 19.0 Å². The number of benzene rings is 1. The van der Waals surface area contributed by atoms with Crippen LogP contribution < -0.4 is 10.6 Å². The van der Waals surface area contributed by atoms with E-state index in [2.05, 4.69) is 31.3 Å².